The minimum absolute atomic E-state index is 0.478. The van der Waals surface area contributed by atoms with Crippen LogP contribution in [0, 0.1) is 5.92 Å². The number of amides is 1. The van der Waals surface area contributed by atoms with Crippen LogP contribution in [0.4, 0.5) is 10.5 Å². The Hall–Kier alpha value is -3.31. The maximum atomic E-state index is 12.0. The van der Waals surface area contributed by atoms with Gasteiger partial charge in [0.2, 0.25) is 0 Å². The molecule has 1 aliphatic heterocycles. The number of ether oxygens (including phenoxy) is 2. The number of carbonyl (C=O) groups is 1. The molecule has 0 aliphatic carbocycles. The minimum Gasteiger partial charge on any atom is -0.492 e. The second-order valence-corrected chi connectivity index (χ2v) is 8.18. The van der Waals surface area contributed by atoms with Crippen LogP contribution in [0.15, 0.2) is 84.9 Å². The zero-order chi connectivity index (χ0) is 22.0. The molecule has 1 fully saturated rings. The Morgan fingerprint density at radius 2 is 1.47 bits per heavy atom. The van der Waals surface area contributed by atoms with Crippen LogP contribution in [-0.4, -0.2) is 37.2 Å². The molecule has 5 heteroatoms. The molecule has 1 aliphatic rings. The van der Waals surface area contributed by atoms with Crippen LogP contribution in [0.25, 0.3) is 0 Å². The summed E-state index contributed by atoms with van der Waals surface area (Å²) in [6.07, 6.45) is 3.15. The zero-order valence-corrected chi connectivity index (χ0v) is 18.3. The highest BCUT2D eigenvalue weighted by Crippen LogP contribution is 2.22. The van der Waals surface area contributed by atoms with Gasteiger partial charge in [0.15, 0.2) is 0 Å². The van der Waals surface area contributed by atoms with Crippen molar-refractivity contribution in [1.29, 1.82) is 0 Å². The third-order valence-electron chi connectivity index (χ3n) is 5.81. The Morgan fingerprint density at radius 3 is 2.16 bits per heavy atom. The van der Waals surface area contributed by atoms with Gasteiger partial charge in [-0.15, -0.1) is 0 Å². The van der Waals surface area contributed by atoms with E-state index in [0.717, 1.165) is 31.3 Å². The standard InChI is InChI=1S/C27H30N2O3/c30-27(28-24-9-5-2-6-10-24)32-26-13-11-25(12-14-26)31-20-19-29-17-15-23(16-18-29)21-22-7-3-1-4-8-22/h1-14,23H,15-21H2,(H,28,30). The first-order valence-electron chi connectivity index (χ1n) is 11.3. The summed E-state index contributed by atoms with van der Waals surface area (Å²) < 4.78 is 11.2. The Balaban J connectivity index is 1.13. The molecule has 1 saturated heterocycles. The van der Waals surface area contributed by atoms with E-state index in [2.05, 4.69) is 40.5 Å². The van der Waals surface area contributed by atoms with Gasteiger partial charge in [-0.05, 0) is 80.2 Å². The van der Waals surface area contributed by atoms with Gasteiger partial charge in [-0.1, -0.05) is 48.5 Å². The van der Waals surface area contributed by atoms with Crippen LogP contribution in [0.5, 0.6) is 11.5 Å². The lowest BCUT2D eigenvalue weighted by atomic mass is 9.90. The van der Waals surface area contributed by atoms with Crippen molar-refractivity contribution >= 4 is 11.8 Å². The third kappa shape index (κ3) is 6.86. The van der Waals surface area contributed by atoms with Crippen LogP contribution in [0.2, 0.25) is 0 Å². The highest BCUT2D eigenvalue weighted by Gasteiger charge is 2.19. The molecular formula is C27H30N2O3. The van der Waals surface area contributed by atoms with E-state index in [1.165, 1.54) is 24.8 Å². The number of nitrogens with one attached hydrogen (secondary N) is 1. The molecule has 3 aromatic carbocycles. The minimum atomic E-state index is -0.513. The van der Waals surface area contributed by atoms with Crippen LogP contribution in [0.1, 0.15) is 18.4 Å². The maximum absolute atomic E-state index is 12.0. The van der Waals surface area contributed by atoms with E-state index in [4.69, 9.17) is 9.47 Å². The molecule has 0 atom stereocenters. The normalized spacial score (nSPS) is 14.6. The summed E-state index contributed by atoms with van der Waals surface area (Å²) in [5, 5.41) is 2.69. The van der Waals surface area contributed by atoms with E-state index in [1.54, 1.807) is 12.1 Å². The van der Waals surface area contributed by atoms with Crippen molar-refractivity contribution in [3.63, 3.8) is 0 Å². The summed E-state index contributed by atoms with van der Waals surface area (Å²) >= 11 is 0. The molecule has 0 spiro atoms. The molecule has 0 unspecified atom stereocenters. The van der Waals surface area contributed by atoms with Crippen molar-refractivity contribution < 1.29 is 14.3 Å². The molecule has 0 bridgehead atoms. The van der Waals surface area contributed by atoms with Crippen LogP contribution < -0.4 is 14.8 Å². The van der Waals surface area contributed by atoms with Crippen molar-refractivity contribution in [2.24, 2.45) is 5.92 Å². The second kappa shape index (κ2) is 11.3. The van der Waals surface area contributed by atoms with Crippen molar-refractivity contribution in [2.45, 2.75) is 19.3 Å². The summed E-state index contributed by atoms with van der Waals surface area (Å²) in [6.45, 7) is 3.84. The fourth-order valence-corrected chi connectivity index (χ4v) is 4.03. The Morgan fingerprint density at radius 1 is 0.844 bits per heavy atom. The highest BCUT2D eigenvalue weighted by atomic mass is 16.6. The fourth-order valence-electron chi connectivity index (χ4n) is 4.03. The molecule has 4 rings (SSSR count). The molecule has 3 aromatic rings. The first-order valence-corrected chi connectivity index (χ1v) is 11.3. The van der Waals surface area contributed by atoms with E-state index in [0.29, 0.717) is 18.0 Å². The number of hydrogen-bond donors (Lipinski definition) is 1. The fraction of sp³-hybridized carbons (Fsp3) is 0.296. The van der Waals surface area contributed by atoms with Crippen molar-refractivity contribution in [2.75, 3.05) is 31.6 Å². The summed E-state index contributed by atoms with van der Waals surface area (Å²) in [6, 6.07) is 27.2. The van der Waals surface area contributed by atoms with Gasteiger partial charge < -0.3 is 9.47 Å². The monoisotopic (exact) mass is 430 g/mol. The van der Waals surface area contributed by atoms with Crippen molar-refractivity contribution in [3.8, 4) is 11.5 Å². The lowest BCUT2D eigenvalue weighted by molar-refractivity contribution is 0.155. The molecule has 166 valence electrons. The molecule has 32 heavy (non-hydrogen) atoms. The highest BCUT2D eigenvalue weighted by molar-refractivity contribution is 5.86. The summed E-state index contributed by atoms with van der Waals surface area (Å²) in [7, 11) is 0. The van der Waals surface area contributed by atoms with Gasteiger partial charge in [0.25, 0.3) is 0 Å². The SMILES string of the molecule is O=C(Nc1ccccc1)Oc1ccc(OCCN2CCC(Cc3ccccc3)CC2)cc1. The van der Waals surface area contributed by atoms with E-state index in [1.807, 2.05) is 42.5 Å². The number of nitrogens with zero attached hydrogens (tertiary/aromatic N) is 1. The summed E-state index contributed by atoms with van der Waals surface area (Å²) in [5.41, 5.74) is 2.14. The lowest BCUT2D eigenvalue weighted by Crippen LogP contribution is -2.37. The molecule has 1 amide bonds. The molecule has 1 heterocycles. The summed E-state index contributed by atoms with van der Waals surface area (Å²) in [4.78, 5) is 14.4. The Labute approximate surface area is 190 Å². The van der Waals surface area contributed by atoms with Gasteiger partial charge >= 0.3 is 6.09 Å². The molecule has 5 nitrogen and oxygen atoms in total. The topological polar surface area (TPSA) is 50.8 Å². The number of benzene rings is 3. The van der Waals surface area contributed by atoms with Crippen LogP contribution in [0.3, 0.4) is 0 Å². The maximum Gasteiger partial charge on any atom is 0.417 e. The number of hydrogen-bond acceptors (Lipinski definition) is 4. The van der Waals surface area contributed by atoms with Gasteiger partial charge in [0.1, 0.15) is 18.1 Å². The third-order valence-corrected chi connectivity index (χ3v) is 5.81. The summed E-state index contributed by atoms with van der Waals surface area (Å²) in [5.74, 6) is 2.03. The van der Waals surface area contributed by atoms with Gasteiger partial charge in [-0.2, -0.15) is 0 Å². The van der Waals surface area contributed by atoms with Crippen LogP contribution in [-0.2, 0) is 6.42 Å². The van der Waals surface area contributed by atoms with Crippen molar-refractivity contribution in [3.05, 3.63) is 90.5 Å². The Bertz CT molecular complexity index is 953. The number of piperidine rings is 1. The van der Waals surface area contributed by atoms with Gasteiger partial charge in [-0.25, -0.2) is 4.79 Å². The van der Waals surface area contributed by atoms with Gasteiger partial charge in [0, 0.05) is 12.2 Å². The molecular weight excluding hydrogens is 400 g/mol. The molecule has 1 N–H and O–H groups in total. The first-order chi connectivity index (χ1) is 15.7. The van der Waals surface area contributed by atoms with Gasteiger partial charge in [-0.3, -0.25) is 10.2 Å². The van der Waals surface area contributed by atoms with E-state index in [-0.39, 0.29) is 0 Å². The average Bonchev–Trinajstić information content (AvgIpc) is 2.83. The van der Waals surface area contributed by atoms with Crippen LogP contribution >= 0.6 is 0 Å². The van der Waals surface area contributed by atoms with E-state index < -0.39 is 6.09 Å². The molecule has 0 aromatic heterocycles. The number of carbonyl (C=O) groups excluding carboxylic acids is 1. The number of anilines is 1. The quantitative estimate of drug-likeness (QED) is 0.503. The van der Waals surface area contributed by atoms with Gasteiger partial charge in [0.05, 0.1) is 0 Å². The average molecular weight is 431 g/mol. The van der Waals surface area contributed by atoms with E-state index >= 15 is 0 Å². The number of likely N-dealkylation sites (tertiary alicyclic amines) is 1. The molecule has 0 radical (unpaired) electrons. The largest absolute Gasteiger partial charge is 0.492 e. The lowest BCUT2D eigenvalue weighted by Gasteiger charge is -2.31. The zero-order valence-electron chi connectivity index (χ0n) is 18.3. The number of rotatable bonds is 8. The smallest absolute Gasteiger partial charge is 0.417 e. The van der Waals surface area contributed by atoms with E-state index in [9.17, 15) is 4.79 Å². The van der Waals surface area contributed by atoms with Crippen molar-refractivity contribution in [1.82, 2.24) is 4.90 Å². The predicted molar refractivity (Wildman–Crippen MR) is 127 cm³/mol. The number of para-hydroxylation sites is 1. The molecule has 0 saturated carbocycles. The second-order valence-electron chi connectivity index (χ2n) is 8.18. The predicted octanol–water partition coefficient (Wildman–Crippen LogP) is 5.63. The first kappa shape index (κ1) is 21.9. The Kier molecular flexibility index (Phi) is 7.77.